The molecule has 0 saturated carbocycles. The molecular formula is C32H42N4O4. The van der Waals surface area contributed by atoms with E-state index in [0.29, 0.717) is 45.6 Å². The lowest BCUT2D eigenvalue weighted by molar-refractivity contribution is -0.132. The number of ether oxygens (including phenoxy) is 2. The van der Waals surface area contributed by atoms with Gasteiger partial charge in [-0.15, -0.1) is 0 Å². The number of hydrogen-bond donors (Lipinski definition) is 2. The number of aromatic nitrogens is 1. The van der Waals surface area contributed by atoms with E-state index in [1.807, 2.05) is 23.1 Å². The Labute approximate surface area is 237 Å². The minimum atomic E-state index is 0.0653. The standard InChI is InChI=1S/C32H42N4O4/c1-22(2)36-19-24-17-23(7-11-30(24)40-16-6-4-5-14-33-31(37)21-36)8-12-32(38)35-15-13-29-27(20-35)26-18-25(39-3)9-10-28(26)34-29/h7,9-11,17-18,22,34H,4-6,8,12-16,19-21H2,1-3H3,(H,33,37). The monoisotopic (exact) mass is 546 g/mol. The maximum atomic E-state index is 13.3. The number of hydrogen-bond acceptors (Lipinski definition) is 5. The molecule has 40 heavy (non-hydrogen) atoms. The van der Waals surface area contributed by atoms with Crippen molar-refractivity contribution >= 4 is 22.7 Å². The number of fused-ring (bicyclic) bond motifs is 4. The summed E-state index contributed by atoms with van der Waals surface area (Å²) in [6.45, 7) is 7.92. The molecule has 0 saturated heterocycles. The summed E-state index contributed by atoms with van der Waals surface area (Å²) < 4.78 is 11.6. The molecule has 3 aromatic rings. The van der Waals surface area contributed by atoms with Gasteiger partial charge in [0, 0.05) is 72.8 Å². The second-order valence-electron chi connectivity index (χ2n) is 11.3. The summed E-state index contributed by atoms with van der Waals surface area (Å²) in [7, 11) is 1.68. The average molecular weight is 547 g/mol. The highest BCUT2D eigenvalue weighted by atomic mass is 16.5. The molecule has 2 aromatic carbocycles. The Morgan fingerprint density at radius 2 is 1.95 bits per heavy atom. The minimum absolute atomic E-state index is 0.0653. The van der Waals surface area contributed by atoms with Crippen LogP contribution in [0.15, 0.2) is 36.4 Å². The molecule has 8 heteroatoms. The topological polar surface area (TPSA) is 86.9 Å². The highest BCUT2D eigenvalue weighted by molar-refractivity contribution is 5.87. The molecule has 8 nitrogen and oxygen atoms in total. The van der Waals surface area contributed by atoms with Crippen molar-refractivity contribution in [3.05, 3.63) is 58.8 Å². The van der Waals surface area contributed by atoms with Gasteiger partial charge in [0.1, 0.15) is 11.5 Å². The first-order valence-corrected chi connectivity index (χ1v) is 14.6. The SMILES string of the molecule is COc1ccc2[nH]c3c(c2c1)CN(C(=O)CCc1ccc2c(c1)CN(C(C)C)CC(=O)NCCCCCO2)CC3. The number of benzene rings is 2. The van der Waals surface area contributed by atoms with Crippen molar-refractivity contribution < 1.29 is 19.1 Å². The fourth-order valence-corrected chi connectivity index (χ4v) is 5.69. The van der Waals surface area contributed by atoms with E-state index < -0.39 is 0 Å². The van der Waals surface area contributed by atoms with Crippen LogP contribution in [0.5, 0.6) is 11.5 Å². The molecule has 2 aliphatic heterocycles. The van der Waals surface area contributed by atoms with Crippen LogP contribution < -0.4 is 14.8 Å². The van der Waals surface area contributed by atoms with E-state index in [-0.39, 0.29) is 17.9 Å². The zero-order valence-electron chi connectivity index (χ0n) is 24.1. The van der Waals surface area contributed by atoms with E-state index in [9.17, 15) is 9.59 Å². The van der Waals surface area contributed by atoms with Gasteiger partial charge in [0.2, 0.25) is 11.8 Å². The van der Waals surface area contributed by atoms with Crippen molar-refractivity contribution in [3.63, 3.8) is 0 Å². The first kappa shape index (κ1) is 28.0. The molecule has 2 aliphatic rings. The van der Waals surface area contributed by atoms with Gasteiger partial charge < -0.3 is 24.7 Å². The third-order valence-electron chi connectivity index (χ3n) is 8.14. The molecule has 2 amide bonds. The van der Waals surface area contributed by atoms with E-state index in [0.717, 1.165) is 65.8 Å². The number of carbonyl (C=O) groups is 2. The largest absolute Gasteiger partial charge is 0.497 e. The number of aryl methyl sites for hydroxylation is 1. The lowest BCUT2D eigenvalue weighted by Crippen LogP contribution is -2.40. The van der Waals surface area contributed by atoms with Crippen LogP contribution in [0.3, 0.4) is 0 Å². The fourth-order valence-electron chi connectivity index (χ4n) is 5.69. The summed E-state index contributed by atoms with van der Waals surface area (Å²) in [6.07, 6.45) is 4.89. The number of methoxy groups -OCH3 is 1. The van der Waals surface area contributed by atoms with Gasteiger partial charge in [-0.05, 0) is 69.4 Å². The van der Waals surface area contributed by atoms with Gasteiger partial charge in [-0.25, -0.2) is 0 Å². The highest BCUT2D eigenvalue weighted by Crippen LogP contribution is 2.31. The Morgan fingerprint density at radius 1 is 1.07 bits per heavy atom. The second-order valence-corrected chi connectivity index (χ2v) is 11.3. The fraction of sp³-hybridized carbons (Fsp3) is 0.500. The van der Waals surface area contributed by atoms with Crippen LogP contribution >= 0.6 is 0 Å². The molecule has 0 bridgehead atoms. The smallest absolute Gasteiger partial charge is 0.234 e. The third kappa shape index (κ3) is 6.61. The molecule has 0 radical (unpaired) electrons. The third-order valence-corrected chi connectivity index (χ3v) is 8.14. The molecule has 0 fully saturated rings. The van der Waals surface area contributed by atoms with E-state index in [1.54, 1.807) is 7.11 Å². The zero-order valence-corrected chi connectivity index (χ0v) is 24.1. The van der Waals surface area contributed by atoms with Crippen LogP contribution in [0.4, 0.5) is 0 Å². The summed E-state index contributed by atoms with van der Waals surface area (Å²) in [6, 6.07) is 12.6. The Kier molecular flexibility index (Phi) is 8.94. The Bertz CT molecular complexity index is 1350. The highest BCUT2D eigenvalue weighted by Gasteiger charge is 2.24. The maximum Gasteiger partial charge on any atom is 0.234 e. The number of aromatic amines is 1. The van der Waals surface area contributed by atoms with E-state index in [1.165, 1.54) is 11.3 Å². The number of nitrogens with one attached hydrogen (secondary N) is 2. The maximum absolute atomic E-state index is 13.3. The van der Waals surface area contributed by atoms with Crippen molar-refractivity contribution in [2.24, 2.45) is 0 Å². The summed E-state index contributed by atoms with van der Waals surface area (Å²) in [4.78, 5) is 33.5. The molecule has 5 rings (SSSR count). The predicted octanol–water partition coefficient (Wildman–Crippen LogP) is 4.58. The van der Waals surface area contributed by atoms with Crippen LogP contribution in [0.2, 0.25) is 0 Å². The number of H-pyrrole nitrogens is 1. The normalized spacial score (nSPS) is 17.2. The first-order chi connectivity index (χ1) is 19.4. The number of rotatable bonds is 5. The molecule has 0 atom stereocenters. The van der Waals surface area contributed by atoms with Crippen molar-refractivity contribution in [3.8, 4) is 11.5 Å². The molecule has 0 unspecified atom stereocenters. The van der Waals surface area contributed by atoms with Crippen LogP contribution in [-0.4, -0.2) is 66.0 Å². The molecule has 2 N–H and O–H groups in total. The molecule has 0 aliphatic carbocycles. The summed E-state index contributed by atoms with van der Waals surface area (Å²) in [5.74, 6) is 1.93. The van der Waals surface area contributed by atoms with E-state index in [4.69, 9.17) is 9.47 Å². The molecule has 1 aromatic heterocycles. The first-order valence-electron chi connectivity index (χ1n) is 14.6. The quantitative estimate of drug-likeness (QED) is 0.489. The van der Waals surface area contributed by atoms with Crippen LogP contribution in [-0.2, 0) is 35.5 Å². The van der Waals surface area contributed by atoms with Gasteiger partial charge in [0.15, 0.2) is 0 Å². The number of amides is 2. The lowest BCUT2D eigenvalue weighted by atomic mass is 10.0. The zero-order chi connectivity index (χ0) is 28.1. The molecule has 0 spiro atoms. The van der Waals surface area contributed by atoms with Crippen molar-refractivity contribution in [1.29, 1.82) is 0 Å². The van der Waals surface area contributed by atoms with Crippen molar-refractivity contribution in [2.75, 3.05) is 33.4 Å². The van der Waals surface area contributed by atoms with E-state index in [2.05, 4.69) is 47.2 Å². The van der Waals surface area contributed by atoms with Crippen LogP contribution in [0.1, 0.15) is 61.9 Å². The van der Waals surface area contributed by atoms with Gasteiger partial charge in [-0.1, -0.05) is 12.1 Å². The van der Waals surface area contributed by atoms with Gasteiger partial charge in [0.25, 0.3) is 0 Å². The average Bonchev–Trinajstić information content (AvgIpc) is 3.32. The van der Waals surface area contributed by atoms with Gasteiger partial charge in [0.05, 0.1) is 20.3 Å². The Hall–Kier alpha value is -3.52. The minimum Gasteiger partial charge on any atom is -0.497 e. The predicted molar refractivity (Wildman–Crippen MR) is 157 cm³/mol. The van der Waals surface area contributed by atoms with Gasteiger partial charge in [-0.2, -0.15) is 0 Å². The Morgan fingerprint density at radius 3 is 2.77 bits per heavy atom. The van der Waals surface area contributed by atoms with Crippen LogP contribution in [0.25, 0.3) is 10.9 Å². The molecule has 3 heterocycles. The number of nitrogens with zero attached hydrogens (tertiary/aromatic N) is 2. The van der Waals surface area contributed by atoms with E-state index >= 15 is 0 Å². The van der Waals surface area contributed by atoms with Crippen molar-refractivity contribution in [2.45, 2.75) is 71.5 Å². The Balaban J connectivity index is 1.27. The summed E-state index contributed by atoms with van der Waals surface area (Å²) >= 11 is 0. The van der Waals surface area contributed by atoms with Crippen LogP contribution in [0, 0.1) is 0 Å². The summed E-state index contributed by atoms with van der Waals surface area (Å²) in [5.41, 5.74) is 5.68. The molecular weight excluding hydrogens is 504 g/mol. The van der Waals surface area contributed by atoms with Crippen molar-refractivity contribution in [1.82, 2.24) is 20.1 Å². The molecule has 214 valence electrons. The summed E-state index contributed by atoms with van der Waals surface area (Å²) in [5, 5.41) is 4.18. The number of carbonyl (C=O) groups excluding carboxylic acids is 2. The van der Waals surface area contributed by atoms with Gasteiger partial charge >= 0.3 is 0 Å². The lowest BCUT2D eigenvalue weighted by Gasteiger charge is -2.28. The second kappa shape index (κ2) is 12.8. The van der Waals surface area contributed by atoms with Gasteiger partial charge in [-0.3, -0.25) is 14.5 Å².